The number of aryl methyl sites for hydroxylation is 2. The zero-order valence-electron chi connectivity index (χ0n) is 17.1. The summed E-state index contributed by atoms with van der Waals surface area (Å²) in [5.41, 5.74) is 8.17. The van der Waals surface area contributed by atoms with Crippen LogP contribution in [-0.2, 0) is 17.6 Å². The van der Waals surface area contributed by atoms with Crippen LogP contribution in [0.5, 0.6) is 5.75 Å². The third-order valence-corrected chi connectivity index (χ3v) is 5.65. The summed E-state index contributed by atoms with van der Waals surface area (Å²) in [6.45, 7) is -0.541. The van der Waals surface area contributed by atoms with E-state index >= 15 is 0 Å². The smallest absolute Gasteiger partial charge is 0.248 e. The first-order valence-corrected chi connectivity index (χ1v) is 10.2. The van der Waals surface area contributed by atoms with Crippen molar-refractivity contribution >= 4 is 16.9 Å². The topological polar surface area (TPSA) is 156 Å². The number of aliphatic hydroxyl groups excluding tert-OH is 4. The van der Waals surface area contributed by atoms with Crippen molar-refractivity contribution in [1.82, 2.24) is 0 Å². The molecule has 0 aliphatic carbocycles. The summed E-state index contributed by atoms with van der Waals surface area (Å²) in [7, 11) is 0. The molecule has 3 aromatic rings. The number of ether oxygens (including phenoxy) is 2. The fourth-order valence-corrected chi connectivity index (χ4v) is 3.81. The van der Waals surface area contributed by atoms with Gasteiger partial charge in [-0.15, -0.1) is 0 Å². The number of amides is 1. The second-order valence-corrected chi connectivity index (χ2v) is 7.77. The highest BCUT2D eigenvalue weighted by Gasteiger charge is 2.44. The molecule has 1 fully saturated rings. The molecule has 9 nitrogen and oxygen atoms in total. The van der Waals surface area contributed by atoms with E-state index in [1.54, 1.807) is 36.6 Å². The van der Waals surface area contributed by atoms with Gasteiger partial charge in [0.05, 0.1) is 18.3 Å². The fraction of sp³-hybridized carbons (Fsp3) is 0.348. The van der Waals surface area contributed by atoms with Crippen LogP contribution in [0.15, 0.2) is 53.1 Å². The minimum atomic E-state index is -1.53. The fourth-order valence-electron chi connectivity index (χ4n) is 3.81. The summed E-state index contributed by atoms with van der Waals surface area (Å²) >= 11 is 0. The Balaban J connectivity index is 1.54. The maximum Gasteiger partial charge on any atom is 0.248 e. The molecule has 32 heavy (non-hydrogen) atoms. The average molecular weight is 443 g/mol. The predicted octanol–water partition coefficient (Wildman–Crippen LogP) is 0.496. The molecule has 5 atom stereocenters. The lowest BCUT2D eigenvalue weighted by atomic mass is 9.99. The summed E-state index contributed by atoms with van der Waals surface area (Å²) in [6.07, 6.45) is -3.96. The molecule has 4 rings (SSSR count). The average Bonchev–Trinajstić information content (AvgIpc) is 3.22. The molecular weight excluding hydrogens is 418 g/mol. The van der Waals surface area contributed by atoms with Gasteiger partial charge in [0.1, 0.15) is 35.7 Å². The third-order valence-electron chi connectivity index (χ3n) is 5.65. The first-order valence-electron chi connectivity index (χ1n) is 10.2. The quantitative estimate of drug-likeness (QED) is 0.353. The normalized spacial score (nSPS) is 25.7. The van der Waals surface area contributed by atoms with Gasteiger partial charge in [-0.3, -0.25) is 4.79 Å². The van der Waals surface area contributed by atoms with Crippen molar-refractivity contribution in [3.05, 3.63) is 65.4 Å². The van der Waals surface area contributed by atoms with E-state index in [0.29, 0.717) is 35.1 Å². The number of fused-ring (bicyclic) bond motifs is 1. The number of hydrogen-bond donors (Lipinski definition) is 5. The molecule has 170 valence electrons. The van der Waals surface area contributed by atoms with E-state index in [1.807, 2.05) is 12.1 Å². The second kappa shape index (κ2) is 9.27. The van der Waals surface area contributed by atoms with E-state index in [0.717, 1.165) is 11.1 Å². The van der Waals surface area contributed by atoms with Gasteiger partial charge in [0.25, 0.3) is 0 Å². The Kier molecular flexibility index (Phi) is 6.45. The van der Waals surface area contributed by atoms with Gasteiger partial charge in [-0.2, -0.15) is 0 Å². The van der Waals surface area contributed by atoms with E-state index in [9.17, 15) is 25.2 Å². The Hall–Kier alpha value is -2.95. The van der Waals surface area contributed by atoms with Gasteiger partial charge >= 0.3 is 0 Å². The first-order chi connectivity index (χ1) is 15.4. The van der Waals surface area contributed by atoms with Gasteiger partial charge in [0.15, 0.2) is 0 Å². The minimum absolute atomic E-state index is 0.375. The Morgan fingerprint density at radius 3 is 2.44 bits per heavy atom. The largest absolute Gasteiger partial charge is 0.464 e. The van der Waals surface area contributed by atoms with Crippen LogP contribution >= 0.6 is 0 Å². The first kappa shape index (κ1) is 22.3. The van der Waals surface area contributed by atoms with Crippen molar-refractivity contribution in [2.24, 2.45) is 5.73 Å². The van der Waals surface area contributed by atoms with Crippen LogP contribution in [0.4, 0.5) is 0 Å². The molecule has 1 aliphatic heterocycles. The van der Waals surface area contributed by atoms with Crippen LogP contribution in [0.3, 0.4) is 0 Å². The van der Waals surface area contributed by atoms with Crippen LogP contribution < -0.4 is 10.5 Å². The maximum absolute atomic E-state index is 11.2. The lowest BCUT2D eigenvalue weighted by Crippen LogP contribution is -2.60. The SMILES string of the molecule is NC(=O)c1ccc(CCc2coc3cccc(O[C@@H]4O[C@H](CO)[C@@H](O)[C@H](O)[C@H]4O)c23)cc1. The van der Waals surface area contributed by atoms with Gasteiger partial charge < -0.3 is 40.1 Å². The van der Waals surface area contributed by atoms with Crippen LogP contribution in [-0.4, -0.2) is 63.6 Å². The number of carbonyl (C=O) groups is 1. The van der Waals surface area contributed by atoms with Crippen LogP contribution in [0, 0.1) is 0 Å². The van der Waals surface area contributed by atoms with Crippen molar-refractivity contribution in [2.45, 2.75) is 43.5 Å². The highest BCUT2D eigenvalue weighted by atomic mass is 16.7. The van der Waals surface area contributed by atoms with Gasteiger partial charge in [-0.1, -0.05) is 18.2 Å². The molecule has 0 bridgehead atoms. The van der Waals surface area contributed by atoms with Gasteiger partial charge in [-0.05, 0) is 42.7 Å². The molecule has 2 heterocycles. The van der Waals surface area contributed by atoms with Crippen molar-refractivity contribution in [2.75, 3.05) is 6.61 Å². The summed E-state index contributed by atoms with van der Waals surface area (Å²) in [5.74, 6) is -0.105. The number of furan rings is 1. The van der Waals surface area contributed by atoms with Crippen LogP contribution in [0.1, 0.15) is 21.5 Å². The molecule has 9 heteroatoms. The summed E-state index contributed by atoms with van der Waals surface area (Å²) in [6, 6.07) is 12.2. The molecule has 1 saturated heterocycles. The molecule has 1 amide bonds. The number of benzene rings is 2. The molecule has 0 radical (unpaired) electrons. The number of primary amides is 1. The Bertz CT molecular complexity index is 1080. The standard InChI is InChI=1S/C23H25NO8/c24-22(29)13-7-4-12(5-8-13)6-9-14-11-30-15-2-1-3-16(18(14)15)31-23-21(28)20(27)19(26)17(10-25)32-23/h1-5,7-8,11,17,19-21,23,25-28H,6,9-10H2,(H2,24,29)/t17-,19-,20+,21-,23-/m1/s1. The Labute approximate surface area is 183 Å². The van der Waals surface area contributed by atoms with E-state index in [2.05, 4.69) is 0 Å². The second-order valence-electron chi connectivity index (χ2n) is 7.77. The number of hydrogen-bond acceptors (Lipinski definition) is 8. The highest BCUT2D eigenvalue weighted by molar-refractivity contribution is 5.92. The van der Waals surface area contributed by atoms with Crippen molar-refractivity contribution in [3.8, 4) is 5.75 Å². The number of rotatable bonds is 7. The van der Waals surface area contributed by atoms with Gasteiger partial charge in [0, 0.05) is 11.1 Å². The Morgan fingerprint density at radius 2 is 1.75 bits per heavy atom. The van der Waals surface area contributed by atoms with E-state index < -0.39 is 43.2 Å². The number of carbonyl (C=O) groups excluding carboxylic acids is 1. The lowest BCUT2D eigenvalue weighted by molar-refractivity contribution is -0.277. The van der Waals surface area contributed by atoms with Crippen LogP contribution in [0.25, 0.3) is 11.0 Å². The molecule has 0 unspecified atom stereocenters. The zero-order chi connectivity index (χ0) is 22.8. The molecule has 0 spiro atoms. The minimum Gasteiger partial charge on any atom is -0.464 e. The van der Waals surface area contributed by atoms with Gasteiger partial charge in [-0.25, -0.2) is 0 Å². The molecule has 1 aliphatic rings. The Morgan fingerprint density at radius 1 is 1.00 bits per heavy atom. The van der Waals surface area contributed by atoms with Crippen molar-refractivity contribution in [3.63, 3.8) is 0 Å². The van der Waals surface area contributed by atoms with E-state index in [-0.39, 0.29) is 0 Å². The third kappa shape index (κ3) is 4.34. The van der Waals surface area contributed by atoms with Crippen molar-refractivity contribution in [1.29, 1.82) is 0 Å². The summed E-state index contributed by atoms with van der Waals surface area (Å²) in [4.78, 5) is 11.2. The lowest BCUT2D eigenvalue weighted by Gasteiger charge is -2.39. The summed E-state index contributed by atoms with van der Waals surface area (Å²) in [5, 5.41) is 40.3. The molecule has 0 saturated carbocycles. The number of aliphatic hydroxyl groups is 4. The highest BCUT2D eigenvalue weighted by Crippen LogP contribution is 2.34. The van der Waals surface area contributed by atoms with Gasteiger partial charge in [0.2, 0.25) is 12.2 Å². The van der Waals surface area contributed by atoms with E-state index in [4.69, 9.17) is 19.6 Å². The van der Waals surface area contributed by atoms with Crippen molar-refractivity contribution < 1.29 is 39.1 Å². The summed E-state index contributed by atoms with van der Waals surface area (Å²) < 4.78 is 17.0. The van der Waals surface area contributed by atoms with Crippen LogP contribution in [0.2, 0.25) is 0 Å². The maximum atomic E-state index is 11.2. The molecular formula is C23H25NO8. The van der Waals surface area contributed by atoms with E-state index in [1.165, 1.54) is 0 Å². The predicted molar refractivity (Wildman–Crippen MR) is 113 cm³/mol. The number of nitrogens with two attached hydrogens (primary N) is 1. The monoisotopic (exact) mass is 443 g/mol. The molecule has 1 aromatic heterocycles. The molecule has 2 aromatic carbocycles. The zero-order valence-corrected chi connectivity index (χ0v) is 17.1. The molecule has 6 N–H and O–H groups in total.